The number of imide groups is 1. The maximum Gasteiger partial charge on any atom is 0.332 e. The summed E-state index contributed by atoms with van der Waals surface area (Å²) in [6.45, 7) is 1.98. The quantitative estimate of drug-likeness (QED) is 0.736. The van der Waals surface area contributed by atoms with Crippen LogP contribution in [-0.2, 0) is 14.4 Å². The number of carboxylic acid groups (broad SMARTS) is 1. The Hall–Kier alpha value is -3.48. The van der Waals surface area contributed by atoms with Gasteiger partial charge in [-0.15, -0.1) is 0 Å². The third-order valence-electron chi connectivity index (χ3n) is 5.57. The first-order valence-electron chi connectivity index (χ1n) is 8.87. The first-order chi connectivity index (χ1) is 13.3. The van der Waals surface area contributed by atoms with E-state index >= 15 is 0 Å². The smallest absolute Gasteiger partial charge is 0.332 e. The van der Waals surface area contributed by atoms with Gasteiger partial charge < -0.3 is 14.9 Å². The van der Waals surface area contributed by atoms with Gasteiger partial charge in [0.15, 0.2) is 0 Å². The molecule has 3 saturated heterocycles. The number of carboxylic acids is 1. The Morgan fingerprint density at radius 1 is 1.36 bits per heavy atom. The first-order valence-corrected chi connectivity index (χ1v) is 8.87. The zero-order chi connectivity index (χ0) is 20.2. The summed E-state index contributed by atoms with van der Waals surface area (Å²) in [6, 6.07) is 1.58. The lowest BCUT2D eigenvalue weighted by atomic mass is 10.1. The van der Waals surface area contributed by atoms with Gasteiger partial charge in [-0.25, -0.2) is 14.7 Å². The molecule has 0 radical (unpaired) electrons. The lowest BCUT2D eigenvalue weighted by molar-refractivity contribution is -0.142. The summed E-state index contributed by atoms with van der Waals surface area (Å²) in [5, 5.41) is 17.8. The van der Waals surface area contributed by atoms with E-state index in [4.69, 9.17) is 10.4 Å². The molecule has 28 heavy (non-hydrogen) atoms. The maximum absolute atomic E-state index is 13.0. The fourth-order valence-corrected chi connectivity index (χ4v) is 4.34. The molecule has 2 unspecified atom stereocenters. The van der Waals surface area contributed by atoms with E-state index in [1.807, 2.05) is 6.07 Å². The number of nitrogens with zero attached hydrogens (tertiary/aromatic N) is 5. The molecule has 1 aromatic rings. The zero-order valence-corrected chi connectivity index (χ0v) is 15.0. The van der Waals surface area contributed by atoms with Crippen LogP contribution in [0.2, 0.25) is 0 Å². The number of piperazine rings is 1. The van der Waals surface area contributed by atoms with Crippen LogP contribution in [0.4, 0.5) is 10.5 Å². The Morgan fingerprint density at radius 3 is 2.75 bits per heavy atom. The van der Waals surface area contributed by atoms with Crippen molar-refractivity contribution in [3.05, 3.63) is 23.5 Å². The van der Waals surface area contributed by atoms with E-state index in [0.29, 0.717) is 24.2 Å². The summed E-state index contributed by atoms with van der Waals surface area (Å²) in [5.74, 6) is -1.80. The highest BCUT2D eigenvalue weighted by Gasteiger charge is 2.62. The second-order valence-electron chi connectivity index (χ2n) is 7.18. The fraction of sp³-hybridized carbons (Fsp3) is 0.444. The minimum absolute atomic E-state index is 0.129. The van der Waals surface area contributed by atoms with Crippen molar-refractivity contribution in [3.63, 3.8) is 0 Å². The number of likely N-dealkylation sites (tertiary alicyclic amines) is 1. The maximum atomic E-state index is 13.0. The number of hydrogen-bond donors (Lipinski definition) is 1. The number of carbonyl (C=O) groups excluding carboxylic acids is 3. The van der Waals surface area contributed by atoms with Crippen LogP contribution in [0.3, 0.4) is 0 Å². The van der Waals surface area contributed by atoms with Crippen molar-refractivity contribution < 1.29 is 24.3 Å². The van der Waals surface area contributed by atoms with E-state index in [-0.39, 0.29) is 30.5 Å². The number of aromatic nitrogens is 1. The van der Waals surface area contributed by atoms with Crippen molar-refractivity contribution in [2.24, 2.45) is 0 Å². The monoisotopic (exact) mass is 383 g/mol. The molecule has 1 aromatic heterocycles. The molecule has 3 aliphatic rings. The van der Waals surface area contributed by atoms with Gasteiger partial charge in [-0.1, -0.05) is 0 Å². The van der Waals surface area contributed by atoms with Crippen LogP contribution in [0.1, 0.15) is 30.5 Å². The highest BCUT2D eigenvalue weighted by atomic mass is 16.4. The van der Waals surface area contributed by atoms with E-state index in [0.717, 1.165) is 4.90 Å². The van der Waals surface area contributed by atoms with Crippen molar-refractivity contribution in [2.45, 2.75) is 44.3 Å². The Bertz CT molecular complexity index is 954. The van der Waals surface area contributed by atoms with Gasteiger partial charge in [0, 0.05) is 13.0 Å². The largest absolute Gasteiger partial charge is 0.481 e. The van der Waals surface area contributed by atoms with Gasteiger partial charge in [-0.3, -0.25) is 14.4 Å². The van der Waals surface area contributed by atoms with Crippen LogP contribution in [0, 0.1) is 18.3 Å². The molecule has 0 spiro atoms. The highest BCUT2D eigenvalue weighted by Crippen LogP contribution is 2.42. The fourth-order valence-electron chi connectivity index (χ4n) is 4.34. The third-order valence-corrected chi connectivity index (χ3v) is 5.57. The molecule has 4 amide bonds. The Morgan fingerprint density at radius 2 is 2.11 bits per heavy atom. The Kier molecular flexibility index (Phi) is 4.03. The van der Waals surface area contributed by atoms with Crippen LogP contribution >= 0.6 is 0 Å². The van der Waals surface area contributed by atoms with Gasteiger partial charge in [0.25, 0.3) is 5.91 Å². The number of urea groups is 1. The van der Waals surface area contributed by atoms with Crippen LogP contribution in [0.25, 0.3) is 0 Å². The van der Waals surface area contributed by atoms with Crippen molar-refractivity contribution in [1.29, 1.82) is 5.26 Å². The minimum atomic E-state index is -1.05. The molecular weight excluding hydrogens is 366 g/mol. The second kappa shape index (κ2) is 6.30. The Balaban J connectivity index is 1.58. The van der Waals surface area contributed by atoms with Gasteiger partial charge in [0.2, 0.25) is 5.91 Å². The van der Waals surface area contributed by atoms with Crippen LogP contribution in [0.5, 0.6) is 0 Å². The van der Waals surface area contributed by atoms with Crippen molar-refractivity contribution in [2.75, 3.05) is 11.4 Å². The number of aliphatic carboxylic acids is 1. The number of anilines is 1. The molecule has 144 valence electrons. The summed E-state index contributed by atoms with van der Waals surface area (Å²) in [6.07, 6.45) is 1.44. The number of nitriles is 1. The van der Waals surface area contributed by atoms with Crippen LogP contribution in [-0.4, -0.2) is 68.4 Å². The molecule has 0 aromatic carbocycles. The topological polar surface area (TPSA) is 135 Å². The predicted molar refractivity (Wildman–Crippen MR) is 93.0 cm³/mol. The number of pyridine rings is 1. The van der Waals surface area contributed by atoms with E-state index in [9.17, 15) is 19.2 Å². The number of rotatable bonds is 4. The summed E-state index contributed by atoms with van der Waals surface area (Å²) >= 11 is 0. The van der Waals surface area contributed by atoms with Gasteiger partial charge in [-0.05, 0) is 25.0 Å². The van der Waals surface area contributed by atoms with Crippen molar-refractivity contribution in [3.8, 4) is 6.07 Å². The molecule has 3 atom stereocenters. The minimum Gasteiger partial charge on any atom is -0.481 e. The average Bonchev–Trinajstić information content (AvgIpc) is 3.31. The molecular formula is C18H17N5O5. The van der Waals surface area contributed by atoms with Gasteiger partial charge >= 0.3 is 12.0 Å². The zero-order valence-electron chi connectivity index (χ0n) is 15.0. The summed E-state index contributed by atoms with van der Waals surface area (Å²) in [4.78, 5) is 57.1. The lowest BCUT2D eigenvalue weighted by Crippen LogP contribution is -2.54. The molecule has 4 heterocycles. The van der Waals surface area contributed by atoms with Gasteiger partial charge in [-0.2, -0.15) is 5.26 Å². The first kappa shape index (κ1) is 17.9. The van der Waals surface area contributed by atoms with Gasteiger partial charge in [0.1, 0.15) is 17.8 Å². The number of carbonyl (C=O) groups is 4. The molecule has 2 bridgehead atoms. The number of hydrogen-bond acceptors (Lipinski definition) is 6. The summed E-state index contributed by atoms with van der Waals surface area (Å²) < 4.78 is 0. The SMILES string of the molecule is Cc1cc(N2C(=O)[C@@H]3C4CC(CN4C(=O)CCC(=O)O)N3C2=O)cnc1C#N. The highest BCUT2D eigenvalue weighted by molar-refractivity contribution is 6.22. The van der Waals surface area contributed by atoms with Crippen molar-refractivity contribution >= 4 is 29.5 Å². The molecule has 0 saturated carbocycles. The van der Waals surface area contributed by atoms with E-state index < -0.39 is 30.0 Å². The average molecular weight is 383 g/mol. The van der Waals surface area contributed by atoms with Crippen LogP contribution in [0.15, 0.2) is 12.3 Å². The van der Waals surface area contributed by atoms with Crippen molar-refractivity contribution in [1.82, 2.24) is 14.8 Å². The molecule has 10 heteroatoms. The van der Waals surface area contributed by atoms with E-state index in [1.165, 1.54) is 16.0 Å². The number of aryl methyl sites for hydroxylation is 1. The molecule has 0 aliphatic carbocycles. The number of fused-ring (bicyclic) bond motifs is 5. The molecule has 10 nitrogen and oxygen atoms in total. The molecule has 1 N–H and O–H groups in total. The van der Waals surface area contributed by atoms with E-state index in [1.54, 1.807) is 13.0 Å². The Labute approximate surface area is 159 Å². The number of amides is 4. The normalized spacial score (nSPS) is 25.3. The van der Waals surface area contributed by atoms with E-state index in [2.05, 4.69) is 4.98 Å². The lowest BCUT2D eigenvalue weighted by Gasteiger charge is -2.34. The second-order valence-corrected chi connectivity index (χ2v) is 7.18. The standard InChI is InChI=1S/C18H17N5O5/c1-9-4-10(7-20-12(9)6-19)23-17(27)16-13-5-11(22(16)18(23)28)8-21(13)14(24)2-3-15(25)26/h4,7,11,13,16H,2-3,5,8H2,1H3,(H,25,26)/t11?,13?,16-/m0/s1. The summed E-state index contributed by atoms with van der Waals surface area (Å²) in [5.41, 5.74) is 1.07. The molecule has 3 fully saturated rings. The van der Waals surface area contributed by atoms with Crippen LogP contribution < -0.4 is 4.90 Å². The molecule has 4 rings (SSSR count). The third kappa shape index (κ3) is 2.51. The molecule has 3 aliphatic heterocycles. The summed E-state index contributed by atoms with van der Waals surface area (Å²) in [7, 11) is 0. The predicted octanol–water partition coefficient (Wildman–Crippen LogP) is 0.247. The van der Waals surface area contributed by atoms with Gasteiger partial charge in [0.05, 0.1) is 30.4 Å².